The van der Waals surface area contributed by atoms with Gasteiger partial charge in [-0.05, 0) is 41.5 Å². The summed E-state index contributed by atoms with van der Waals surface area (Å²) in [4.78, 5) is 25.0. The number of pyridine rings is 1. The molecule has 0 aliphatic carbocycles. The highest BCUT2D eigenvalue weighted by Crippen LogP contribution is 2.21. The van der Waals surface area contributed by atoms with Gasteiger partial charge in [-0.3, -0.25) is 9.59 Å². The summed E-state index contributed by atoms with van der Waals surface area (Å²) in [5, 5.41) is 2.96. The second-order valence-corrected chi connectivity index (χ2v) is 8.40. The van der Waals surface area contributed by atoms with E-state index in [-0.39, 0.29) is 11.5 Å². The summed E-state index contributed by atoms with van der Waals surface area (Å²) in [6, 6.07) is 21.2. The maximum Gasteiger partial charge on any atom is 0.250 e. The van der Waals surface area contributed by atoms with Crippen molar-refractivity contribution >= 4 is 33.6 Å². The van der Waals surface area contributed by atoms with Crippen molar-refractivity contribution in [3.05, 3.63) is 98.9 Å². The molecule has 6 heteroatoms. The fourth-order valence-corrected chi connectivity index (χ4v) is 3.75. The van der Waals surface area contributed by atoms with Crippen molar-refractivity contribution < 1.29 is 4.79 Å². The fourth-order valence-electron chi connectivity index (χ4n) is 2.63. The van der Waals surface area contributed by atoms with Crippen molar-refractivity contribution in [3.63, 3.8) is 0 Å². The molecule has 0 radical (unpaired) electrons. The third-order valence-electron chi connectivity index (χ3n) is 4.18. The number of nitrogens with zero attached hydrogens (tertiary/aromatic N) is 1. The molecular weight excluding hydrogens is 436 g/mol. The Balaban J connectivity index is 1.41. The van der Waals surface area contributed by atoms with Gasteiger partial charge in [0.1, 0.15) is 0 Å². The number of carbonyl (C=O) groups excluding carboxylic acids is 1. The molecule has 144 valence electrons. The number of amides is 1. The summed E-state index contributed by atoms with van der Waals surface area (Å²) in [5.41, 5.74) is 2.08. The zero-order valence-electron chi connectivity index (χ0n) is 15.3. The van der Waals surface area contributed by atoms with E-state index in [1.165, 1.54) is 0 Å². The van der Waals surface area contributed by atoms with Gasteiger partial charge in [0.05, 0.1) is 6.54 Å². The van der Waals surface area contributed by atoms with Crippen molar-refractivity contribution in [1.29, 1.82) is 0 Å². The first-order chi connectivity index (χ1) is 13.6. The van der Waals surface area contributed by atoms with Crippen LogP contribution < -0.4 is 10.9 Å². The van der Waals surface area contributed by atoms with Crippen molar-refractivity contribution in [2.75, 3.05) is 5.75 Å². The lowest BCUT2D eigenvalue weighted by Gasteiger charge is -2.08. The lowest BCUT2D eigenvalue weighted by atomic mass is 10.1. The number of thioether (sulfide) groups is 1. The zero-order valence-corrected chi connectivity index (χ0v) is 17.7. The zero-order chi connectivity index (χ0) is 19.8. The van der Waals surface area contributed by atoms with Crippen LogP contribution in [-0.4, -0.2) is 16.2 Å². The van der Waals surface area contributed by atoms with Crippen molar-refractivity contribution in [3.8, 4) is 0 Å². The normalized spacial score (nSPS) is 10.6. The van der Waals surface area contributed by atoms with Crippen LogP contribution in [-0.2, 0) is 17.9 Å². The molecule has 1 aromatic heterocycles. The van der Waals surface area contributed by atoms with Gasteiger partial charge in [0.25, 0.3) is 5.56 Å². The number of halogens is 1. The molecular formula is C22H21BrN2O2S. The Morgan fingerprint density at radius 2 is 1.68 bits per heavy atom. The van der Waals surface area contributed by atoms with Crippen LogP contribution in [0.5, 0.6) is 0 Å². The summed E-state index contributed by atoms with van der Waals surface area (Å²) in [6.45, 7) is 1.05. The van der Waals surface area contributed by atoms with Gasteiger partial charge in [-0.25, -0.2) is 0 Å². The smallest absolute Gasteiger partial charge is 0.250 e. The van der Waals surface area contributed by atoms with E-state index in [1.54, 1.807) is 34.7 Å². The molecule has 3 rings (SSSR count). The summed E-state index contributed by atoms with van der Waals surface area (Å²) in [5.74, 6) is 0.794. The SMILES string of the molecule is O=C(CCSc1ccc(Br)cc1)NCc1ccc(Cn2ccccc2=O)cc1. The summed E-state index contributed by atoms with van der Waals surface area (Å²) in [6.07, 6.45) is 2.26. The van der Waals surface area contributed by atoms with Crippen molar-refractivity contribution in [2.45, 2.75) is 24.4 Å². The van der Waals surface area contributed by atoms with Gasteiger partial charge in [-0.1, -0.05) is 46.3 Å². The molecule has 0 spiro atoms. The van der Waals surface area contributed by atoms with Crippen LogP contribution in [0, 0.1) is 0 Å². The van der Waals surface area contributed by atoms with E-state index in [0.717, 1.165) is 26.2 Å². The van der Waals surface area contributed by atoms with Crippen LogP contribution in [0.15, 0.2) is 87.1 Å². The highest BCUT2D eigenvalue weighted by atomic mass is 79.9. The maximum atomic E-state index is 12.0. The van der Waals surface area contributed by atoms with Crippen LogP contribution in [0.4, 0.5) is 0 Å². The van der Waals surface area contributed by atoms with Gasteiger partial charge < -0.3 is 9.88 Å². The summed E-state index contributed by atoms with van der Waals surface area (Å²) < 4.78 is 2.72. The molecule has 0 unspecified atom stereocenters. The molecule has 1 amide bonds. The Labute approximate surface area is 177 Å². The van der Waals surface area contributed by atoms with E-state index in [1.807, 2.05) is 54.6 Å². The number of carbonyl (C=O) groups is 1. The van der Waals surface area contributed by atoms with Gasteiger partial charge in [-0.15, -0.1) is 11.8 Å². The van der Waals surface area contributed by atoms with Crippen LogP contribution in [0.3, 0.4) is 0 Å². The topological polar surface area (TPSA) is 51.1 Å². The first kappa shape index (κ1) is 20.4. The molecule has 0 bridgehead atoms. The van der Waals surface area contributed by atoms with E-state index in [9.17, 15) is 9.59 Å². The fraction of sp³-hybridized carbons (Fsp3) is 0.182. The van der Waals surface area contributed by atoms with Crippen LogP contribution in [0.1, 0.15) is 17.5 Å². The Bertz CT molecular complexity index is 969. The van der Waals surface area contributed by atoms with Crippen LogP contribution in [0.25, 0.3) is 0 Å². The van der Waals surface area contributed by atoms with Gasteiger partial charge >= 0.3 is 0 Å². The van der Waals surface area contributed by atoms with Crippen molar-refractivity contribution in [1.82, 2.24) is 9.88 Å². The molecule has 0 saturated carbocycles. The Morgan fingerprint density at radius 3 is 2.39 bits per heavy atom. The second-order valence-electron chi connectivity index (χ2n) is 6.31. The second kappa shape index (κ2) is 10.3. The predicted molar refractivity (Wildman–Crippen MR) is 118 cm³/mol. The third-order valence-corrected chi connectivity index (χ3v) is 5.72. The highest BCUT2D eigenvalue weighted by Gasteiger charge is 2.03. The van der Waals surface area contributed by atoms with Gasteiger partial charge in [-0.2, -0.15) is 0 Å². The molecule has 0 aliphatic rings. The van der Waals surface area contributed by atoms with Crippen LogP contribution in [0.2, 0.25) is 0 Å². The van der Waals surface area contributed by atoms with Crippen LogP contribution >= 0.6 is 27.7 Å². The number of hydrogen-bond donors (Lipinski definition) is 1. The van der Waals surface area contributed by atoms with Gasteiger partial charge in [0.15, 0.2) is 0 Å². The lowest BCUT2D eigenvalue weighted by molar-refractivity contribution is -0.120. The minimum absolute atomic E-state index is 0.0140. The largest absolute Gasteiger partial charge is 0.352 e. The number of hydrogen-bond acceptors (Lipinski definition) is 3. The molecule has 0 saturated heterocycles. The molecule has 1 heterocycles. The standard InChI is InChI=1S/C22H21BrN2O2S/c23-19-8-10-20(11-9-19)28-14-12-21(26)24-15-17-4-6-18(7-5-17)16-25-13-2-1-3-22(25)27/h1-11,13H,12,14-16H2,(H,24,26). The quantitative estimate of drug-likeness (QED) is 0.509. The summed E-state index contributed by atoms with van der Waals surface area (Å²) >= 11 is 5.09. The third kappa shape index (κ3) is 6.39. The average molecular weight is 457 g/mol. The number of nitrogens with one attached hydrogen (secondary N) is 1. The van der Waals surface area contributed by atoms with E-state index < -0.39 is 0 Å². The highest BCUT2D eigenvalue weighted by molar-refractivity contribution is 9.10. The Kier molecular flexibility index (Phi) is 7.51. The Hall–Kier alpha value is -2.31. The average Bonchev–Trinajstić information content (AvgIpc) is 2.71. The first-order valence-electron chi connectivity index (χ1n) is 8.98. The number of aromatic nitrogens is 1. The number of benzene rings is 2. The predicted octanol–water partition coefficient (Wildman–Crippen LogP) is 4.46. The molecule has 4 nitrogen and oxygen atoms in total. The molecule has 1 N–H and O–H groups in total. The molecule has 0 aliphatic heterocycles. The maximum absolute atomic E-state index is 12.0. The molecule has 28 heavy (non-hydrogen) atoms. The van der Waals surface area contributed by atoms with Gasteiger partial charge in [0.2, 0.25) is 5.91 Å². The molecule has 3 aromatic rings. The summed E-state index contributed by atoms with van der Waals surface area (Å²) in [7, 11) is 0. The number of rotatable bonds is 8. The van der Waals surface area contributed by atoms with E-state index in [4.69, 9.17) is 0 Å². The van der Waals surface area contributed by atoms with Crippen molar-refractivity contribution in [2.24, 2.45) is 0 Å². The first-order valence-corrected chi connectivity index (χ1v) is 10.8. The Morgan fingerprint density at radius 1 is 0.964 bits per heavy atom. The lowest BCUT2D eigenvalue weighted by Crippen LogP contribution is -2.23. The van der Waals surface area contributed by atoms with E-state index >= 15 is 0 Å². The van der Waals surface area contributed by atoms with E-state index in [2.05, 4.69) is 21.2 Å². The monoisotopic (exact) mass is 456 g/mol. The molecule has 0 fully saturated rings. The molecule has 2 aromatic carbocycles. The van der Waals surface area contributed by atoms with Gasteiger partial charge in [0, 0.05) is 40.3 Å². The minimum Gasteiger partial charge on any atom is -0.352 e. The molecule has 0 atom stereocenters. The van der Waals surface area contributed by atoms with E-state index in [0.29, 0.717) is 19.5 Å². The minimum atomic E-state index is -0.0140.